The van der Waals surface area contributed by atoms with E-state index in [0.717, 1.165) is 56.0 Å². The van der Waals surface area contributed by atoms with Gasteiger partial charge in [-0.1, -0.05) is 39.5 Å². The number of nitrogens with zero attached hydrogens (tertiary/aromatic N) is 5. The number of halogens is 1. The molecule has 0 saturated carbocycles. The van der Waals surface area contributed by atoms with E-state index >= 15 is 0 Å². The van der Waals surface area contributed by atoms with Gasteiger partial charge < -0.3 is 14.8 Å². The molecule has 1 atom stereocenters. The van der Waals surface area contributed by atoms with Crippen molar-refractivity contribution in [1.29, 1.82) is 0 Å². The Balaban J connectivity index is 0.00000392. The first-order chi connectivity index (χ1) is 13.0. The Kier molecular flexibility index (Phi) is 12.2. The summed E-state index contributed by atoms with van der Waals surface area (Å²) in [4.78, 5) is 6.92. The van der Waals surface area contributed by atoms with Crippen molar-refractivity contribution in [2.24, 2.45) is 16.8 Å². The minimum atomic E-state index is 0. The number of aryl methyl sites for hydroxylation is 1. The van der Waals surface area contributed by atoms with Crippen LogP contribution in [0.5, 0.6) is 0 Å². The molecule has 2 heterocycles. The van der Waals surface area contributed by atoms with Gasteiger partial charge in [0, 0.05) is 50.7 Å². The van der Waals surface area contributed by atoms with Crippen molar-refractivity contribution in [3.63, 3.8) is 0 Å². The maximum absolute atomic E-state index is 4.51. The van der Waals surface area contributed by atoms with E-state index in [1.807, 2.05) is 7.05 Å². The van der Waals surface area contributed by atoms with Crippen molar-refractivity contribution >= 4 is 53.5 Å². The van der Waals surface area contributed by atoms with Crippen LogP contribution >= 0.6 is 47.5 Å². The SMILES string of the molecule is CN=C(NCCCc1nnc(SC)n1CC(C)C)N1CCSC(C(C)C)C1.I. The Hall–Kier alpha value is -0.160. The first-order valence-corrected chi connectivity index (χ1v) is 12.3. The van der Waals surface area contributed by atoms with E-state index in [9.17, 15) is 0 Å². The van der Waals surface area contributed by atoms with Crippen molar-refractivity contribution in [2.45, 2.75) is 57.5 Å². The molecule has 0 spiro atoms. The van der Waals surface area contributed by atoms with Crippen LogP contribution in [0.3, 0.4) is 0 Å². The summed E-state index contributed by atoms with van der Waals surface area (Å²) in [7, 11) is 1.89. The van der Waals surface area contributed by atoms with Crippen LogP contribution in [-0.4, -0.2) is 69.6 Å². The molecule has 1 aromatic rings. The van der Waals surface area contributed by atoms with Crippen LogP contribution in [0.25, 0.3) is 0 Å². The summed E-state index contributed by atoms with van der Waals surface area (Å²) in [6, 6.07) is 0. The minimum absolute atomic E-state index is 0. The van der Waals surface area contributed by atoms with Crippen LogP contribution in [0, 0.1) is 11.8 Å². The number of aliphatic imine (C=N–C) groups is 1. The summed E-state index contributed by atoms with van der Waals surface area (Å²) in [6.45, 7) is 13.2. The molecular weight excluding hydrogens is 503 g/mol. The first kappa shape index (κ1) is 25.9. The lowest BCUT2D eigenvalue weighted by Crippen LogP contribution is -2.49. The summed E-state index contributed by atoms with van der Waals surface area (Å²) in [5, 5.41) is 14.0. The number of guanidine groups is 1. The summed E-state index contributed by atoms with van der Waals surface area (Å²) in [6.07, 6.45) is 4.03. The lowest BCUT2D eigenvalue weighted by atomic mass is 10.1. The van der Waals surface area contributed by atoms with Crippen LogP contribution in [0.2, 0.25) is 0 Å². The largest absolute Gasteiger partial charge is 0.356 e. The third kappa shape index (κ3) is 7.59. The van der Waals surface area contributed by atoms with E-state index in [2.05, 4.69) is 75.7 Å². The maximum Gasteiger partial charge on any atom is 0.193 e. The lowest BCUT2D eigenvalue weighted by molar-refractivity contribution is 0.380. The predicted octanol–water partition coefficient (Wildman–Crippen LogP) is 3.86. The van der Waals surface area contributed by atoms with Gasteiger partial charge in [0.2, 0.25) is 0 Å². The van der Waals surface area contributed by atoms with Gasteiger partial charge in [0.05, 0.1) is 0 Å². The van der Waals surface area contributed by atoms with E-state index in [0.29, 0.717) is 17.1 Å². The van der Waals surface area contributed by atoms with Crippen molar-refractivity contribution in [3.05, 3.63) is 5.82 Å². The summed E-state index contributed by atoms with van der Waals surface area (Å²) in [5.74, 6) is 4.61. The van der Waals surface area contributed by atoms with Gasteiger partial charge in [-0.15, -0.1) is 34.2 Å². The number of thioether (sulfide) groups is 2. The van der Waals surface area contributed by atoms with Crippen molar-refractivity contribution in [1.82, 2.24) is 25.0 Å². The van der Waals surface area contributed by atoms with E-state index < -0.39 is 0 Å². The fraction of sp³-hybridized carbons (Fsp3) is 0.842. The Bertz CT molecular complexity index is 605. The van der Waals surface area contributed by atoms with E-state index in [4.69, 9.17) is 0 Å². The maximum atomic E-state index is 4.51. The van der Waals surface area contributed by atoms with E-state index in [-0.39, 0.29) is 24.0 Å². The molecule has 9 heteroatoms. The van der Waals surface area contributed by atoms with Gasteiger partial charge in [-0.3, -0.25) is 4.99 Å². The Morgan fingerprint density at radius 1 is 1.32 bits per heavy atom. The van der Waals surface area contributed by atoms with Gasteiger partial charge in [0.15, 0.2) is 11.1 Å². The van der Waals surface area contributed by atoms with Gasteiger partial charge in [0.25, 0.3) is 0 Å². The minimum Gasteiger partial charge on any atom is -0.356 e. The quantitative estimate of drug-likeness (QED) is 0.178. The highest BCUT2D eigenvalue weighted by atomic mass is 127. The molecule has 0 bridgehead atoms. The molecule has 1 aliphatic heterocycles. The van der Waals surface area contributed by atoms with Crippen LogP contribution in [0.15, 0.2) is 10.1 Å². The molecule has 1 N–H and O–H groups in total. The fourth-order valence-electron chi connectivity index (χ4n) is 3.25. The van der Waals surface area contributed by atoms with Crippen LogP contribution in [0.1, 0.15) is 39.9 Å². The summed E-state index contributed by atoms with van der Waals surface area (Å²) >= 11 is 3.77. The molecule has 0 aliphatic carbocycles. The zero-order chi connectivity index (χ0) is 19.8. The molecule has 6 nitrogen and oxygen atoms in total. The average Bonchev–Trinajstić information content (AvgIpc) is 3.03. The zero-order valence-electron chi connectivity index (χ0n) is 18.1. The molecule has 1 fully saturated rings. The average molecular weight is 541 g/mol. The monoisotopic (exact) mass is 540 g/mol. The second-order valence-electron chi connectivity index (χ2n) is 7.78. The molecule has 0 amide bonds. The second-order valence-corrected chi connectivity index (χ2v) is 9.90. The smallest absolute Gasteiger partial charge is 0.193 e. The zero-order valence-corrected chi connectivity index (χ0v) is 22.1. The third-order valence-corrected chi connectivity index (χ3v) is 6.94. The summed E-state index contributed by atoms with van der Waals surface area (Å²) < 4.78 is 2.28. The molecule has 1 unspecified atom stereocenters. The number of hydrogen-bond acceptors (Lipinski definition) is 5. The second kappa shape index (κ2) is 13.2. The molecule has 162 valence electrons. The van der Waals surface area contributed by atoms with Crippen molar-refractivity contribution in [3.8, 4) is 0 Å². The van der Waals surface area contributed by atoms with Crippen LogP contribution in [0.4, 0.5) is 0 Å². The van der Waals surface area contributed by atoms with Crippen LogP contribution in [-0.2, 0) is 13.0 Å². The molecule has 1 aromatic heterocycles. The van der Waals surface area contributed by atoms with Gasteiger partial charge in [-0.05, 0) is 24.5 Å². The van der Waals surface area contributed by atoms with Gasteiger partial charge in [-0.2, -0.15) is 11.8 Å². The Morgan fingerprint density at radius 3 is 2.68 bits per heavy atom. The van der Waals surface area contributed by atoms with Crippen molar-refractivity contribution in [2.75, 3.05) is 38.7 Å². The van der Waals surface area contributed by atoms with Crippen LogP contribution < -0.4 is 5.32 Å². The number of nitrogens with one attached hydrogen (secondary N) is 1. The van der Waals surface area contributed by atoms with E-state index in [1.54, 1.807) is 11.8 Å². The molecule has 0 aromatic carbocycles. The Labute approximate surface area is 196 Å². The predicted molar refractivity (Wildman–Crippen MR) is 134 cm³/mol. The third-order valence-electron chi connectivity index (χ3n) is 4.73. The topological polar surface area (TPSA) is 58.3 Å². The van der Waals surface area contributed by atoms with Gasteiger partial charge in [0.1, 0.15) is 5.82 Å². The first-order valence-electron chi connectivity index (χ1n) is 9.99. The Morgan fingerprint density at radius 2 is 2.07 bits per heavy atom. The standard InChI is InChI=1S/C19H36N6S2.HI/c1-14(2)12-25-17(22-23-19(25)26-6)8-7-9-21-18(20-5)24-10-11-27-16(13-24)15(3)4;/h14-16H,7-13H2,1-6H3,(H,20,21);1H. The van der Waals surface area contributed by atoms with E-state index in [1.165, 1.54) is 5.75 Å². The highest BCUT2D eigenvalue weighted by Crippen LogP contribution is 2.24. The fourth-order valence-corrected chi connectivity index (χ4v) is 5.08. The lowest BCUT2D eigenvalue weighted by Gasteiger charge is -2.36. The van der Waals surface area contributed by atoms with Crippen molar-refractivity contribution < 1.29 is 0 Å². The highest BCUT2D eigenvalue weighted by Gasteiger charge is 2.24. The number of hydrogen-bond donors (Lipinski definition) is 1. The molecule has 1 aliphatic rings. The molecule has 0 radical (unpaired) electrons. The van der Waals surface area contributed by atoms with Gasteiger partial charge >= 0.3 is 0 Å². The normalized spacial score (nSPS) is 17.9. The number of rotatable bonds is 8. The van der Waals surface area contributed by atoms with Gasteiger partial charge in [-0.25, -0.2) is 0 Å². The molecule has 2 rings (SSSR count). The number of aromatic nitrogens is 3. The molecule has 1 saturated heterocycles. The highest BCUT2D eigenvalue weighted by molar-refractivity contribution is 14.0. The summed E-state index contributed by atoms with van der Waals surface area (Å²) in [5.41, 5.74) is 0. The molecular formula is C19H37IN6S2. The molecule has 28 heavy (non-hydrogen) atoms.